The summed E-state index contributed by atoms with van der Waals surface area (Å²) in [6, 6.07) is 3.93. The van der Waals surface area contributed by atoms with E-state index in [0.717, 1.165) is 41.0 Å². The summed E-state index contributed by atoms with van der Waals surface area (Å²) in [5.74, 6) is 0.897. The normalized spacial score (nSPS) is 14.7. The number of nitrogens with zero attached hydrogens (tertiary/aromatic N) is 2. The van der Waals surface area contributed by atoms with E-state index in [1.54, 1.807) is 4.90 Å². The third kappa shape index (κ3) is 1.54. The minimum Gasteiger partial charge on any atom is -0.452 e. The van der Waals surface area contributed by atoms with E-state index < -0.39 is 0 Å². The van der Waals surface area contributed by atoms with Gasteiger partial charge in [-0.2, -0.15) is 0 Å². The molecule has 0 radical (unpaired) electrons. The summed E-state index contributed by atoms with van der Waals surface area (Å²) in [5, 5.41) is 0. The molecule has 0 saturated carbocycles. The zero-order chi connectivity index (χ0) is 12.7. The Morgan fingerprint density at radius 1 is 1.50 bits per heavy atom. The van der Waals surface area contributed by atoms with Crippen molar-refractivity contribution < 1.29 is 9.53 Å². The molecule has 1 N–H and O–H groups in total. The number of benzene rings is 1. The van der Waals surface area contributed by atoms with Gasteiger partial charge in [0.2, 0.25) is 0 Å². The lowest BCUT2D eigenvalue weighted by molar-refractivity contribution is 0.178. The predicted molar refractivity (Wildman–Crippen MR) is 68.9 cm³/mol. The molecule has 0 atom stereocenters. The van der Waals surface area contributed by atoms with Gasteiger partial charge in [0.15, 0.2) is 0 Å². The van der Waals surface area contributed by atoms with Crippen LogP contribution in [-0.4, -0.2) is 29.7 Å². The fourth-order valence-electron chi connectivity index (χ4n) is 2.58. The van der Waals surface area contributed by atoms with Crippen molar-refractivity contribution in [3.8, 4) is 0 Å². The Hall–Kier alpha value is -2.04. The van der Waals surface area contributed by atoms with Crippen molar-refractivity contribution in [2.75, 3.05) is 18.6 Å². The van der Waals surface area contributed by atoms with Crippen molar-refractivity contribution >= 4 is 22.8 Å². The monoisotopic (exact) mass is 245 g/mol. The Labute approximate surface area is 105 Å². The number of nitrogens with one attached hydrogen (secondary N) is 1. The summed E-state index contributed by atoms with van der Waals surface area (Å²) >= 11 is 0. The topological polar surface area (TPSA) is 58.2 Å². The molecule has 5 heteroatoms. The van der Waals surface area contributed by atoms with E-state index in [2.05, 4.69) is 9.97 Å². The Balaban J connectivity index is 2.18. The van der Waals surface area contributed by atoms with Crippen LogP contribution in [0.2, 0.25) is 0 Å². The number of imidazole rings is 1. The van der Waals surface area contributed by atoms with Crippen molar-refractivity contribution in [2.45, 2.75) is 19.8 Å². The van der Waals surface area contributed by atoms with Gasteiger partial charge >= 0.3 is 6.09 Å². The van der Waals surface area contributed by atoms with Crippen LogP contribution in [0.3, 0.4) is 0 Å². The molecule has 94 valence electrons. The summed E-state index contributed by atoms with van der Waals surface area (Å²) in [4.78, 5) is 21.2. The number of fused-ring (bicyclic) bond motifs is 3. The number of rotatable bonds is 0. The molecule has 1 amide bonds. The maximum atomic E-state index is 11.7. The second-order valence-electron chi connectivity index (χ2n) is 4.51. The van der Waals surface area contributed by atoms with Gasteiger partial charge in [-0.25, -0.2) is 9.78 Å². The highest BCUT2D eigenvalue weighted by atomic mass is 16.5. The first-order chi connectivity index (χ1) is 8.70. The minimum absolute atomic E-state index is 0.303. The zero-order valence-electron chi connectivity index (χ0n) is 10.5. The number of hydrogen-bond donors (Lipinski definition) is 1. The summed E-state index contributed by atoms with van der Waals surface area (Å²) in [6.45, 7) is 2.64. The molecule has 0 spiro atoms. The molecule has 18 heavy (non-hydrogen) atoms. The second-order valence-corrected chi connectivity index (χ2v) is 4.51. The molecule has 3 rings (SSSR count). The Morgan fingerprint density at radius 2 is 2.33 bits per heavy atom. The largest absolute Gasteiger partial charge is 0.452 e. The maximum absolute atomic E-state index is 11.7. The highest BCUT2D eigenvalue weighted by Gasteiger charge is 2.25. The van der Waals surface area contributed by atoms with E-state index in [1.165, 1.54) is 7.11 Å². The highest BCUT2D eigenvalue weighted by Crippen LogP contribution is 2.32. The molecule has 0 saturated heterocycles. The molecule has 1 aliphatic heterocycles. The van der Waals surface area contributed by atoms with Crippen molar-refractivity contribution in [3.05, 3.63) is 23.5 Å². The SMILES string of the molecule is COC(=O)N1CCCc2c1ccc1[nH]c(C)nc21. The van der Waals surface area contributed by atoms with Crippen LogP contribution in [0.4, 0.5) is 10.5 Å². The van der Waals surface area contributed by atoms with Crippen LogP contribution in [-0.2, 0) is 11.2 Å². The first kappa shape index (κ1) is 11.1. The highest BCUT2D eigenvalue weighted by molar-refractivity contribution is 5.94. The number of carbonyl (C=O) groups is 1. The van der Waals surface area contributed by atoms with E-state index in [0.29, 0.717) is 6.54 Å². The summed E-state index contributed by atoms with van der Waals surface area (Å²) in [7, 11) is 1.41. The van der Waals surface area contributed by atoms with E-state index in [-0.39, 0.29) is 6.09 Å². The lowest BCUT2D eigenvalue weighted by Crippen LogP contribution is -2.35. The van der Waals surface area contributed by atoms with E-state index in [1.807, 2.05) is 19.1 Å². The predicted octanol–water partition coefficient (Wildman–Crippen LogP) is 2.39. The molecule has 2 aromatic rings. The number of ether oxygens (including phenoxy) is 1. The molecular weight excluding hydrogens is 230 g/mol. The van der Waals surface area contributed by atoms with Crippen LogP contribution < -0.4 is 4.90 Å². The van der Waals surface area contributed by atoms with Gasteiger partial charge in [0, 0.05) is 12.1 Å². The molecule has 0 unspecified atom stereocenters. The Morgan fingerprint density at radius 3 is 3.11 bits per heavy atom. The molecule has 0 aliphatic carbocycles. The van der Waals surface area contributed by atoms with Crippen LogP contribution in [0.5, 0.6) is 0 Å². The molecule has 1 aliphatic rings. The quantitative estimate of drug-likeness (QED) is 0.775. The molecule has 1 aromatic carbocycles. The van der Waals surface area contributed by atoms with Crippen LogP contribution >= 0.6 is 0 Å². The zero-order valence-corrected chi connectivity index (χ0v) is 10.5. The molecular formula is C13H15N3O2. The molecule has 1 aromatic heterocycles. The number of carbonyl (C=O) groups excluding carboxylic acids is 1. The maximum Gasteiger partial charge on any atom is 0.414 e. The number of aryl methyl sites for hydroxylation is 2. The van der Waals surface area contributed by atoms with Crippen LogP contribution in [0, 0.1) is 6.92 Å². The van der Waals surface area contributed by atoms with Crippen molar-refractivity contribution in [1.82, 2.24) is 9.97 Å². The van der Waals surface area contributed by atoms with Crippen molar-refractivity contribution in [2.24, 2.45) is 0 Å². The van der Waals surface area contributed by atoms with Crippen LogP contribution in [0.1, 0.15) is 17.8 Å². The molecule has 0 fully saturated rings. The van der Waals surface area contributed by atoms with Crippen LogP contribution in [0.25, 0.3) is 11.0 Å². The summed E-state index contributed by atoms with van der Waals surface area (Å²) < 4.78 is 4.82. The smallest absolute Gasteiger partial charge is 0.414 e. The third-order valence-corrected chi connectivity index (χ3v) is 3.35. The van der Waals surface area contributed by atoms with Crippen molar-refractivity contribution in [1.29, 1.82) is 0 Å². The fraction of sp³-hybridized carbons (Fsp3) is 0.385. The lowest BCUT2D eigenvalue weighted by atomic mass is 10.0. The van der Waals surface area contributed by atoms with Gasteiger partial charge in [-0.15, -0.1) is 0 Å². The second kappa shape index (κ2) is 4.01. The molecule has 2 heterocycles. The van der Waals surface area contributed by atoms with Crippen molar-refractivity contribution in [3.63, 3.8) is 0 Å². The van der Waals surface area contributed by atoms with Gasteiger partial charge in [0.05, 0.1) is 23.8 Å². The third-order valence-electron chi connectivity index (χ3n) is 3.35. The Kier molecular flexibility index (Phi) is 2.47. The first-order valence-electron chi connectivity index (χ1n) is 6.04. The van der Waals surface area contributed by atoms with Gasteiger partial charge in [-0.1, -0.05) is 0 Å². The van der Waals surface area contributed by atoms with Gasteiger partial charge in [-0.05, 0) is 31.9 Å². The fourth-order valence-corrected chi connectivity index (χ4v) is 2.58. The van der Waals surface area contributed by atoms with Gasteiger partial charge in [0.1, 0.15) is 5.82 Å². The van der Waals surface area contributed by atoms with Crippen LogP contribution in [0.15, 0.2) is 12.1 Å². The number of aromatic nitrogens is 2. The number of H-pyrrole nitrogens is 1. The average Bonchev–Trinajstić information content (AvgIpc) is 2.77. The lowest BCUT2D eigenvalue weighted by Gasteiger charge is -2.28. The van der Waals surface area contributed by atoms with Gasteiger partial charge < -0.3 is 9.72 Å². The van der Waals surface area contributed by atoms with E-state index >= 15 is 0 Å². The van der Waals surface area contributed by atoms with E-state index in [4.69, 9.17) is 4.74 Å². The number of aromatic amines is 1. The first-order valence-corrected chi connectivity index (χ1v) is 6.04. The number of amides is 1. The number of hydrogen-bond acceptors (Lipinski definition) is 3. The molecule has 5 nitrogen and oxygen atoms in total. The molecule has 0 bridgehead atoms. The van der Waals surface area contributed by atoms with Gasteiger partial charge in [-0.3, -0.25) is 4.90 Å². The number of anilines is 1. The standard InChI is InChI=1S/C13H15N3O2/c1-8-14-10-5-6-11-9(12(10)15-8)4-3-7-16(11)13(17)18-2/h5-6H,3-4,7H2,1-2H3,(H,14,15). The number of methoxy groups -OCH3 is 1. The van der Waals surface area contributed by atoms with Gasteiger partial charge in [0.25, 0.3) is 0 Å². The average molecular weight is 245 g/mol. The Bertz CT molecular complexity index is 618. The summed E-state index contributed by atoms with van der Waals surface area (Å²) in [5.41, 5.74) is 4.05. The van der Waals surface area contributed by atoms with E-state index in [9.17, 15) is 4.79 Å². The minimum atomic E-state index is -0.303. The summed E-state index contributed by atoms with van der Waals surface area (Å²) in [6.07, 6.45) is 1.58.